The van der Waals surface area contributed by atoms with E-state index in [1.54, 1.807) is 48.5 Å². The molecule has 7 heteroatoms. The van der Waals surface area contributed by atoms with E-state index in [1.807, 2.05) is 0 Å². The minimum absolute atomic E-state index is 0.0118. The van der Waals surface area contributed by atoms with E-state index in [0.717, 1.165) is 0 Å². The quantitative estimate of drug-likeness (QED) is 0.762. The van der Waals surface area contributed by atoms with Crippen molar-refractivity contribution in [3.05, 3.63) is 65.2 Å². The maximum Gasteiger partial charge on any atom is 0.337 e. The van der Waals surface area contributed by atoms with Gasteiger partial charge < -0.3 is 19.5 Å². The van der Waals surface area contributed by atoms with Gasteiger partial charge in [0.2, 0.25) is 0 Å². The molecule has 0 heterocycles. The van der Waals surface area contributed by atoms with Crippen molar-refractivity contribution in [2.75, 3.05) is 20.8 Å². The van der Waals surface area contributed by atoms with Crippen LogP contribution < -0.4 is 10.1 Å². The summed E-state index contributed by atoms with van der Waals surface area (Å²) in [6.07, 6.45) is 0. The number of hydrogen-bond donors (Lipinski definition) is 1. The molecular weight excluding hydrogens is 338 g/mol. The Bertz CT molecular complexity index is 785. The fraction of sp³-hybridized carbons (Fsp3) is 0.211. The van der Waals surface area contributed by atoms with Crippen LogP contribution >= 0.6 is 0 Å². The minimum atomic E-state index is -0.588. The lowest BCUT2D eigenvalue weighted by molar-refractivity contribution is -0.143. The van der Waals surface area contributed by atoms with Gasteiger partial charge in [-0.2, -0.15) is 0 Å². The fourth-order valence-corrected chi connectivity index (χ4v) is 2.12. The third-order valence-electron chi connectivity index (χ3n) is 3.49. The Hall–Kier alpha value is -3.35. The van der Waals surface area contributed by atoms with Gasteiger partial charge in [0.15, 0.2) is 0 Å². The van der Waals surface area contributed by atoms with E-state index in [2.05, 4.69) is 10.1 Å². The fourth-order valence-electron chi connectivity index (χ4n) is 2.12. The van der Waals surface area contributed by atoms with Gasteiger partial charge in [-0.1, -0.05) is 12.1 Å². The molecule has 2 aromatic carbocycles. The molecule has 0 aliphatic rings. The Morgan fingerprint density at radius 3 is 2.35 bits per heavy atom. The van der Waals surface area contributed by atoms with Crippen LogP contribution in [-0.2, 0) is 20.9 Å². The summed E-state index contributed by atoms with van der Waals surface area (Å²) >= 11 is 0. The van der Waals surface area contributed by atoms with Crippen LogP contribution in [0.2, 0.25) is 0 Å². The molecule has 0 saturated heterocycles. The molecule has 26 heavy (non-hydrogen) atoms. The second kappa shape index (κ2) is 9.22. The van der Waals surface area contributed by atoms with Crippen molar-refractivity contribution in [1.29, 1.82) is 0 Å². The number of esters is 2. The van der Waals surface area contributed by atoms with Gasteiger partial charge >= 0.3 is 11.9 Å². The summed E-state index contributed by atoms with van der Waals surface area (Å²) in [5, 5.41) is 2.48. The van der Waals surface area contributed by atoms with Gasteiger partial charge in [-0.3, -0.25) is 9.59 Å². The summed E-state index contributed by atoms with van der Waals surface area (Å²) in [5.41, 5.74) is 1.42. The highest BCUT2D eigenvalue weighted by molar-refractivity contribution is 5.96. The van der Waals surface area contributed by atoms with Crippen LogP contribution in [0.25, 0.3) is 0 Å². The molecule has 2 rings (SSSR count). The average molecular weight is 357 g/mol. The molecule has 0 aromatic heterocycles. The number of ether oxygens (including phenoxy) is 3. The standard InChI is InChI=1S/C19H19NO6/c1-24-16-8-6-14(7-9-16)18(22)20-11-17(21)26-12-13-4-3-5-15(10-13)19(23)25-2/h3-10H,11-12H2,1-2H3,(H,20,22). The van der Waals surface area contributed by atoms with E-state index < -0.39 is 17.8 Å². The molecule has 7 nitrogen and oxygen atoms in total. The summed E-state index contributed by atoms with van der Waals surface area (Å²) in [4.78, 5) is 35.2. The molecule has 136 valence electrons. The molecule has 0 aliphatic carbocycles. The average Bonchev–Trinajstić information content (AvgIpc) is 2.70. The number of methoxy groups -OCH3 is 2. The number of nitrogens with one attached hydrogen (secondary N) is 1. The monoisotopic (exact) mass is 357 g/mol. The van der Waals surface area contributed by atoms with E-state index in [1.165, 1.54) is 14.2 Å². The van der Waals surface area contributed by atoms with Gasteiger partial charge in [0, 0.05) is 5.56 Å². The highest BCUT2D eigenvalue weighted by Crippen LogP contribution is 2.11. The molecule has 0 saturated carbocycles. The number of benzene rings is 2. The van der Waals surface area contributed by atoms with Crippen molar-refractivity contribution in [3.8, 4) is 5.75 Å². The van der Waals surface area contributed by atoms with Crippen molar-refractivity contribution in [2.24, 2.45) is 0 Å². The summed E-state index contributed by atoms with van der Waals surface area (Å²) < 4.78 is 14.7. The molecule has 0 radical (unpaired) electrons. The highest BCUT2D eigenvalue weighted by Gasteiger charge is 2.10. The van der Waals surface area contributed by atoms with Gasteiger partial charge in [0.05, 0.1) is 19.8 Å². The first-order chi connectivity index (χ1) is 12.5. The van der Waals surface area contributed by atoms with Crippen molar-refractivity contribution in [2.45, 2.75) is 6.61 Å². The Morgan fingerprint density at radius 2 is 1.69 bits per heavy atom. The van der Waals surface area contributed by atoms with Crippen LogP contribution in [0.4, 0.5) is 0 Å². The number of carbonyl (C=O) groups is 3. The lowest BCUT2D eigenvalue weighted by atomic mass is 10.1. The number of rotatable bonds is 7. The predicted octanol–water partition coefficient (Wildman–Crippen LogP) is 1.95. The lowest BCUT2D eigenvalue weighted by Crippen LogP contribution is -2.30. The van der Waals surface area contributed by atoms with E-state index in [-0.39, 0.29) is 13.2 Å². The predicted molar refractivity (Wildman–Crippen MR) is 92.9 cm³/mol. The lowest BCUT2D eigenvalue weighted by Gasteiger charge is -2.08. The zero-order valence-electron chi connectivity index (χ0n) is 14.5. The SMILES string of the molecule is COC(=O)c1cccc(COC(=O)CNC(=O)c2ccc(OC)cc2)c1. The molecule has 0 aliphatic heterocycles. The number of carbonyl (C=O) groups excluding carboxylic acids is 3. The summed E-state index contributed by atoms with van der Waals surface area (Å²) in [5.74, 6) is -0.812. The van der Waals surface area contributed by atoms with Gasteiger partial charge in [-0.15, -0.1) is 0 Å². The van der Waals surface area contributed by atoms with Crippen molar-refractivity contribution < 1.29 is 28.6 Å². The number of amides is 1. The molecule has 2 aromatic rings. The van der Waals surface area contributed by atoms with Gasteiger partial charge in [0.25, 0.3) is 5.91 Å². The van der Waals surface area contributed by atoms with Crippen LogP contribution in [0.15, 0.2) is 48.5 Å². The zero-order chi connectivity index (χ0) is 18.9. The van der Waals surface area contributed by atoms with E-state index in [4.69, 9.17) is 9.47 Å². The highest BCUT2D eigenvalue weighted by atomic mass is 16.5. The van der Waals surface area contributed by atoms with Gasteiger partial charge in [-0.05, 0) is 42.0 Å². The largest absolute Gasteiger partial charge is 0.497 e. The second-order valence-electron chi connectivity index (χ2n) is 5.26. The minimum Gasteiger partial charge on any atom is -0.497 e. The first kappa shape index (κ1) is 19.0. The Morgan fingerprint density at radius 1 is 0.962 bits per heavy atom. The molecule has 0 fully saturated rings. The van der Waals surface area contributed by atoms with Gasteiger partial charge in [0.1, 0.15) is 18.9 Å². The topological polar surface area (TPSA) is 90.9 Å². The summed E-state index contributed by atoms with van der Waals surface area (Å²) in [6, 6.07) is 13.1. The van der Waals surface area contributed by atoms with Gasteiger partial charge in [-0.25, -0.2) is 4.79 Å². The molecule has 0 bridgehead atoms. The van der Waals surface area contributed by atoms with Crippen LogP contribution in [-0.4, -0.2) is 38.6 Å². The molecule has 1 amide bonds. The van der Waals surface area contributed by atoms with E-state index in [0.29, 0.717) is 22.4 Å². The third kappa shape index (κ3) is 5.34. The van der Waals surface area contributed by atoms with Crippen LogP contribution in [0.3, 0.4) is 0 Å². The van der Waals surface area contributed by atoms with Crippen molar-refractivity contribution in [3.63, 3.8) is 0 Å². The van der Waals surface area contributed by atoms with E-state index in [9.17, 15) is 14.4 Å². The maximum atomic E-state index is 12.0. The number of hydrogen-bond acceptors (Lipinski definition) is 6. The Balaban J connectivity index is 1.81. The molecule has 0 atom stereocenters. The van der Waals surface area contributed by atoms with Crippen LogP contribution in [0.1, 0.15) is 26.3 Å². The molecule has 0 spiro atoms. The van der Waals surface area contributed by atoms with E-state index >= 15 is 0 Å². The summed E-state index contributed by atoms with van der Waals surface area (Å²) in [7, 11) is 2.83. The maximum absolute atomic E-state index is 12.0. The Kier molecular flexibility index (Phi) is 6.73. The molecule has 1 N–H and O–H groups in total. The first-order valence-electron chi connectivity index (χ1n) is 7.78. The zero-order valence-corrected chi connectivity index (χ0v) is 14.5. The first-order valence-corrected chi connectivity index (χ1v) is 7.78. The Labute approximate surface area is 150 Å². The van der Waals surface area contributed by atoms with Crippen molar-refractivity contribution in [1.82, 2.24) is 5.32 Å². The summed E-state index contributed by atoms with van der Waals surface area (Å²) in [6.45, 7) is -0.274. The molecule has 0 unspecified atom stereocenters. The smallest absolute Gasteiger partial charge is 0.337 e. The van der Waals surface area contributed by atoms with Crippen molar-refractivity contribution >= 4 is 17.8 Å². The van der Waals surface area contributed by atoms with Crippen LogP contribution in [0, 0.1) is 0 Å². The second-order valence-corrected chi connectivity index (χ2v) is 5.26. The normalized spacial score (nSPS) is 9.92. The van der Waals surface area contributed by atoms with Crippen LogP contribution in [0.5, 0.6) is 5.75 Å². The third-order valence-corrected chi connectivity index (χ3v) is 3.49. The molecular formula is C19H19NO6.